The van der Waals surface area contributed by atoms with E-state index in [2.05, 4.69) is 0 Å². The molecule has 1 rings (SSSR count). The molecule has 0 spiro atoms. The predicted molar refractivity (Wildman–Crippen MR) is 51.4 cm³/mol. The van der Waals surface area contributed by atoms with E-state index in [-0.39, 0.29) is 0 Å². The molecule has 0 aliphatic rings. The van der Waals surface area contributed by atoms with E-state index < -0.39 is 5.60 Å². The Morgan fingerprint density at radius 3 is 2.33 bits per heavy atom. The highest BCUT2D eigenvalue weighted by atomic mass is 35.5. The molecule has 0 amide bonds. The highest BCUT2D eigenvalue weighted by Gasteiger charge is 2.17. The van der Waals surface area contributed by atoms with Gasteiger partial charge in [0.1, 0.15) is 0 Å². The number of hydrogen-bond acceptors (Lipinski definition) is 1. The molecule has 0 aromatic heterocycles. The molecule has 0 atom stereocenters. The van der Waals surface area contributed by atoms with Crippen LogP contribution in [0.5, 0.6) is 0 Å². The molecule has 0 aliphatic carbocycles. The summed E-state index contributed by atoms with van der Waals surface area (Å²) < 4.78 is 0. The fourth-order valence-corrected chi connectivity index (χ4v) is 1.54. The molecule has 0 heterocycles. The molecule has 2 heteroatoms. The van der Waals surface area contributed by atoms with Crippen molar-refractivity contribution < 1.29 is 5.11 Å². The van der Waals surface area contributed by atoms with Crippen LogP contribution in [0.2, 0.25) is 5.02 Å². The first-order valence-electron chi connectivity index (χ1n) is 3.90. The predicted octanol–water partition coefficient (Wildman–Crippen LogP) is 2.88. The van der Waals surface area contributed by atoms with Gasteiger partial charge in [-0.3, -0.25) is 0 Å². The molecule has 0 fully saturated rings. The number of aliphatic hydroxyl groups is 1. The zero-order chi connectivity index (χ0) is 9.35. The Morgan fingerprint density at radius 2 is 1.92 bits per heavy atom. The van der Waals surface area contributed by atoms with Crippen molar-refractivity contribution in [2.24, 2.45) is 0 Å². The monoisotopic (exact) mass is 184 g/mol. The molecule has 1 nitrogen and oxygen atoms in total. The Kier molecular flexibility index (Phi) is 2.45. The zero-order valence-corrected chi connectivity index (χ0v) is 8.31. The van der Waals surface area contributed by atoms with Crippen LogP contribution in [0.25, 0.3) is 0 Å². The molecule has 0 aliphatic heterocycles. The summed E-state index contributed by atoms with van der Waals surface area (Å²) in [5.41, 5.74) is 1.16. The molecule has 0 unspecified atom stereocenters. The van der Waals surface area contributed by atoms with Crippen LogP contribution in [0.3, 0.4) is 0 Å². The highest BCUT2D eigenvalue weighted by Crippen LogP contribution is 2.25. The Labute approximate surface area is 78.0 Å². The second-order valence-electron chi connectivity index (χ2n) is 3.52. The van der Waals surface area contributed by atoms with E-state index >= 15 is 0 Å². The van der Waals surface area contributed by atoms with Crippen molar-refractivity contribution >= 4 is 11.6 Å². The summed E-state index contributed by atoms with van der Waals surface area (Å²) in [7, 11) is 0. The summed E-state index contributed by atoms with van der Waals surface area (Å²) in [6.07, 6.45) is 0. The molecule has 1 N–H and O–H groups in total. The lowest BCUT2D eigenvalue weighted by Gasteiger charge is -2.20. The lowest BCUT2D eigenvalue weighted by Crippen LogP contribution is -2.16. The second kappa shape index (κ2) is 3.08. The van der Waals surface area contributed by atoms with Crippen molar-refractivity contribution in [1.82, 2.24) is 0 Å². The van der Waals surface area contributed by atoms with Gasteiger partial charge in [0, 0.05) is 5.02 Å². The van der Waals surface area contributed by atoms with E-state index in [4.69, 9.17) is 11.6 Å². The van der Waals surface area contributed by atoms with Crippen LogP contribution in [0.1, 0.15) is 25.0 Å². The van der Waals surface area contributed by atoms with Crippen LogP contribution >= 0.6 is 11.6 Å². The molecule has 1 aromatic rings. The Hall–Kier alpha value is -0.530. The van der Waals surface area contributed by atoms with Crippen LogP contribution < -0.4 is 0 Å². The third-order valence-electron chi connectivity index (χ3n) is 1.85. The maximum Gasteiger partial charge on any atom is 0.0843 e. The van der Waals surface area contributed by atoms with E-state index in [0.29, 0.717) is 5.02 Å². The van der Waals surface area contributed by atoms with Gasteiger partial charge in [-0.25, -0.2) is 0 Å². The summed E-state index contributed by atoms with van der Waals surface area (Å²) in [6.45, 7) is 5.48. The van der Waals surface area contributed by atoms with Crippen molar-refractivity contribution in [2.75, 3.05) is 0 Å². The molecule has 12 heavy (non-hydrogen) atoms. The number of aryl methyl sites for hydroxylation is 1. The minimum atomic E-state index is -0.783. The van der Waals surface area contributed by atoms with Crippen LogP contribution in [-0.4, -0.2) is 5.11 Å². The lowest BCUT2D eigenvalue weighted by molar-refractivity contribution is 0.0779. The lowest BCUT2D eigenvalue weighted by atomic mass is 9.94. The van der Waals surface area contributed by atoms with Crippen LogP contribution in [0.15, 0.2) is 18.2 Å². The van der Waals surface area contributed by atoms with E-state index in [9.17, 15) is 5.11 Å². The molecule has 66 valence electrons. The first-order chi connectivity index (χ1) is 5.41. The largest absolute Gasteiger partial charge is 0.386 e. The minimum absolute atomic E-state index is 0.709. The van der Waals surface area contributed by atoms with Crippen LogP contribution in [0.4, 0.5) is 0 Å². The molecule has 0 bridgehead atoms. The first kappa shape index (κ1) is 9.56. The van der Waals surface area contributed by atoms with Crippen molar-refractivity contribution in [3.63, 3.8) is 0 Å². The Bertz CT molecular complexity index is 286. The summed E-state index contributed by atoms with van der Waals surface area (Å²) in [5, 5.41) is 10.4. The highest BCUT2D eigenvalue weighted by molar-refractivity contribution is 6.30. The van der Waals surface area contributed by atoms with Gasteiger partial charge in [-0.05, 0) is 44.0 Å². The quantitative estimate of drug-likeness (QED) is 0.712. The summed E-state index contributed by atoms with van der Waals surface area (Å²) in [5.74, 6) is 0. The second-order valence-corrected chi connectivity index (χ2v) is 3.95. The Balaban J connectivity index is 3.19. The van der Waals surface area contributed by atoms with Gasteiger partial charge in [-0.15, -0.1) is 0 Å². The van der Waals surface area contributed by atoms with Gasteiger partial charge in [0.2, 0.25) is 0 Å². The number of halogens is 1. The summed E-state index contributed by atoms with van der Waals surface area (Å²) in [6, 6.07) is 5.51. The van der Waals surface area contributed by atoms with Crippen molar-refractivity contribution in [3.8, 4) is 0 Å². The van der Waals surface area contributed by atoms with Gasteiger partial charge >= 0.3 is 0 Å². The fourth-order valence-electron chi connectivity index (χ4n) is 1.31. The van der Waals surface area contributed by atoms with Gasteiger partial charge in [0.15, 0.2) is 0 Å². The maximum absolute atomic E-state index is 9.72. The number of benzene rings is 1. The van der Waals surface area contributed by atoms with E-state index in [1.165, 1.54) is 0 Å². The van der Waals surface area contributed by atoms with Gasteiger partial charge in [-0.2, -0.15) is 0 Å². The summed E-state index contributed by atoms with van der Waals surface area (Å²) >= 11 is 5.79. The fraction of sp³-hybridized carbons (Fsp3) is 0.400. The Morgan fingerprint density at radius 1 is 1.33 bits per heavy atom. The van der Waals surface area contributed by atoms with Crippen molar-refractivity contribution in [3.05, 3.63) is 34.3 Å². The van der Waals surface area contributed by atoms with E-state index in [0.717, 1.165) is 11.1 Å². The third kappa shape index (κ3) is 1.99. The molecular formula is C10H13ClO. The molecule has 1 aromatic carbocycles. The number of rotatable bonds is 1. The normalized spacial score (nSPS) is 11.8. The molecule has 0 saturated carbocycles. The maximum atomic E-state index is 9.72. The van der Waals surface area contributed by atoms with Crippen molar-refractivity contribution in [1.29, 1.82) is 0 Å². The third-order valence-corrected chi connectivity index (χ3v) is 2.08. The standard InChI is InChI=1S/C10H13ClO/c1-7-6-8(11)4-5-9(7)10(2,3)12/h4-6,12H,1-3H3. The van der Waals surface area contributed by atoms with Gasteiger partial charge in [-0.1, -0.05) is 17.7 Å². The van der Waals surface area contributed by atoms with Crippen LogP contribution in [0, 0.1) is 6.92 Å². The average molecular weight is 185 g/mol. The van der Waals surface area contributed by atoms with Crippen molar-refractivity contribution in [2.45, 2.75) is 26.4 Å². The smallest absolute Gasteiger partial charge is 0.0843 e. The van der Waals surface area contributed by atoms with Gasteiger partial charge in [0.25, 0.3) is 0 Å². The molecule has 0 saturated heterocycles. The van der Waals surface area contributed by atoms with E-state index in [1.54, 1.807) is 19.9 Å². The van der Waals surface area contributed by atoms with E-state index in [1.807, 2.05) is 19.1 Å². The topological polar surface area (TPSA) is 20.2 Å². The van der Waals surface area contributed by atoms with Gasteiger partial charge < -0.3 is 5.11 Å². The van der Waals surface area contributed by atoms with Gasteiger partial charge in [0.05, 0.1) is 5.60 Å². The SMILES string of the molecule is Cc1cc(Cl)ccc1C(C)(C)O. The molecule has 0 radical (unpaired) electrons. The summed E-state index contributed by atoms with van der Waals surface area (Å²) in [4.78, 5) is 0. The average Bonchev–Trinajstić information content (AvgIpc) is 1.83. The first-order valence-corrected chi connectivity index (χ1v) is 4.28. The molecular weight excluding hydrogens is 172 g/mol. The number of hydrogen-bond donors (Lipinski definition) is 1. The van der Waals surface area contributed by atoms with Crippen LogP contribution in [-0.2, 0) is 5.60 Å². The zero-order valence-electron chi connectivity index (χ0n) is 7.56. The minimum Gasteiger partial charge on any atom is -0.386 e.